The third-order valence-electron chi connectivity index (χ3n) is 2.19. The van der Waals surface area contributed by atoms with Gasteiger partial charge in [0, 0.05) is 5.56 Å². The highest BCUT2D eigenvalue weighted by Crippen LogP contribution is 2.14. The van der Waals surface area contributed by atoms with Crippen LogP contribution in [0.3, 0.4) is 0 Å². The fourth-order valence-electron chi connectivity index (χ4n) is 1.50. The Labute approximate surface area is 86.3 Å². The maximum absolute atomic E-state index is 11.4. The minimum atomic E-state index is -0.167. The number of H-pyrrole nitrogens is 1. The molecule has 0 unspecified atom stereocenters. The number of nitrogens with one attached hydrogen (secondary N) is 1. The fourth-order valence-corrected chi connectivity index (χ4v) is 1.50. The zero-order valence-corrected chi connectivity index (χ0v) is 8.28. The minimum absolute atomic E-state index is 0.0708. The molecule has 2 rings (SSSR count). The summed E-state index contributed by atoms with van der Waals surface area (Å²) in [7, 11) is 0. The van der Waals surface area contributed by atoms with Gasteiger partial charge >= 0.3 is 0 Å². The number of carbonyl (C=O) groups is 2. The first kappa shape index (κ1) is 9.58. The molecule has 0 radical (unpaired) electrons. The second-order valence-electron chi connectivity index (χ2n) is 3.35. The second kappa shape index (κ2) is 3.65. The monoisotopic (exact) mass is 202 g/mol. The Kier molecular flexibility index (Phi) is 2.33. The van der Waals surface area contributed by atoms with Gasteiger partial charge in [0.15, 0.2) is 5.78 Å². The molecule has 0 fully saturated rings. The number of benzene rings is 1. The van der Waals surface area contributed by atoms with Crippen molar-refractivity contribution in [1.82, 2.24) is 9.97 Å². The lowest BCUT2D eigenvalue weighted by molar-refractivity contribution is -0.107. The Morgan fingerprint density at radius 3 is 3.07 bits per heavy atom. The molecule has 0 aliphatic heterocycles. The number of hydrogen-bond acceptors (Lipinski definition) is 3. The van der Waals surface area contributed by atoms with E-state index in [1.54, 1.807) is 18.2 Å². The average Bonchev–Trinajstić information content (AvgIpc) is 2.57. The van der Waals surface area contributed by atoms with Gasteiger partial charge in [-0.3, -0.25) is 4.79 Å². The quantitative estimate of drug-likeness (QED) is 0.467. The molecule has 0 amide bonds. The highest BCUT2D eigenvalue weighted by Gasteiger charge is 2.07. The van der Waals surface area contributed by atoms with E-state index in [0.29, 0.717) is 11.8 Å². The molecular formula is C11H10N2O2. The summed E-state index contributed by atoms with van der Waals surface area (Å²) in [6, 6.07) is 5.19. The number of ketones is 1. The molecule has 4 heteroatoms. The molecule has 1 N–H and O–H groups in total. The Balaban J connectivity index is 2.46. The normalized spacial score (nSPS) is 10.5. The number of rotatable bonds is 3. The third kappa shape index (κ3) is 1.79. The minimum Gasteiger partial charge on any atom is -0.342 e. The number of imidazole rings is 1. The van der Waals surface area contributed by atoms with Gasteiger partial charge in [0.1, 0.15) is 12.1 Å². The highest BCUT2D eigenvalue weighted by molar-refractivity contribution is 6.04. The average molecular weight is 202 g/mol. The number of aryl methyl sites for hydroxylation is 1. The van der Waals surface area contributed by atoms with E-state index in [4.69, 9.17) is 0 Å². The molecule has 0 aliphatic rings. The van der Waals surface area contributed by atoms with Crippen LogP contribution in [-0.2, 0) is 4.79 Å². The second-order valence-corrected chi connectivity index (χ2v) is 3.35. The number of hydrogen-bond donors (Lipinski definition) is 1. The molecule has 0 saturated carbocycles. The molecule has 0 atom stereocenters. The first-order valence-electron chi connectivity index (χ1n) is 4.64. The molecule has 2 aromatic rings. The van der Waals surface area contributed by atoms with Crippen molar-refractivity contribution < 1.29 is 9.59 Å². The van der Waals surface area contributed by atoms with Crippen molar-refractivity contribution in [2.75, 3.05) is 0 Å². The van der Waals surface area contributed by atoms with E-state index in [0.717, 1.165) is 16.9 Å². The smallest absolute Gasteiger partial charge is 0.170 e. The largest absolute Gasteiger partial charge is 0.342 e. The van der Waals surface area contributed by atoms with Gasteiger partial charge in [0.2, 0.25) is 0 Å². The van der Waals surface area contributed by atoms with E-state index in [9.17, 15) is 9.59 Å². The molecule has 1 heterocycles. The Morgan fingerprint density at radius 1 is 1.53 bits per heavy atom. The molecule has 0 spiro atoms. The van der Waals surface area contributed by atoms with Gasteiger partial charge < -0.3 is 9.78 Å². The standard InChI is InChI=1S/C11H10N2O2/c1-7-12-9-3-2-8(6-10(9)13-7)11(15)4-5-14/h2-3,5-6H,4H2,1H3,(H,12,13). The summed E-state index contributed by atoms with van der Waals surface area (Å²) in [6.45, 7) is 1.85. The van der Waals surface area contributed by atoms with Crippen LogP contribution >= 0.6 is 0 Å². The zero-order chi connectivity index (χ0) is 10.8. The van der Waals surface area contributed by atoms with E-state index in [2.05, 4.69) is 9.97 Å². The lowest BCUT2D eigenvalue weighted by atomic mass is 10.1. The lowest BCUT2D eigenvalue weighted by Crippen LogP contribution is -1.98. The Morgan fingerprint density at radius 2 is 2.33 bits per heavy atom. The van der Waals surface area contributed by atoms with Crippen LogP contribution in [0.1, 0.15) is 22.6 Å². The first-order chi connectivity index (χ1) is 7.20. The number of aldehydes is 1. The number of fused-ring (bicyclic) bond motifs is 1. The fraction of sp³-hybridized carbons (Fsp3) is 0.182. The maximum atomic E-state index is 11.4. The molecule has 15 heavy (non-hydrogen) atoms. The van der Waals surface area contributed by atoms with Crippen LogP contribution in [0.15, 0.2) is 18.2 Å². The zero-order valence-electron chi connectivity index (χ0n) is 8.28. The highest BCUT2D eigenvalue weighted by atomic mass is 16.1. The van der Waals surface area contributed by atoms with E-state index < -0.39 is 0 Å². The van der Waals surface area contributed by atoms with Crippen molar-refractivity contribution >= 4 is 23.1 Å². The van der Waals surface area contributed by atoms with Crippen molar-refractivity contribution in [3.8, 4) is 0 Å². The Bertz CT molecular complexity index is 528. The maximum Gasteiger partial charge on any atom is 0.170 e. The first-order valence-corrected chi connectivity index (χ1v) is 4.64. The van der Waals surface area contributed by atoms with E-state index in [-0.39, 0.29) is 12.2 Å². The third-order valence-corrected chi connectivity index (χ3v) is 2.19. The lowest BCUT2D eigenvalue weighted by Gasteiger charge is -1.96. The summed E-state index contributed by atoms with van der Waals surface area (Å²) >= 11 is 0. The van der Waals surface area contributed by atoms with Crippen molar-refractivity contribution in [3.63, 3.8) is 0 Å². The van der Waals surface area contributed by atoms with Crippen molar-refractivity contribution in [1.29, 1.82) is 0 Å². The number of carbonyl (C=O) groups excluding carboxylic acids is 2. The topological polar surface area (TPSA) is 62.8 Å². The molecule has 4 nitrogen and oxygen atoms in total. The van der Waals surface area contributed by atoms with Crippen LogP contribution in [0.4, 0.5) is 0 Å². The molecule has 0 aliphatic carbocycles. The van der Waals surface area contributed by atoms with E-state index >= 15 is 0 Å². The summed E-state index contributed by atoms with van der Waals surface area (Å²) < 4.78 is 0. The van der Waals surface area contributed by atoms with Gasteiger partial charge in [-0.15, -0.1) is 0 Å². The molecular weight excluding hydrogens is 192 g/mol. The van der Waals surface area contributed by atoms with Gasteiger partial charge in [-0.05, 0) is 25.1 Å². The van der Waals surface area contributed by atoms with Crippen LogP contribution in [0.25, 0.3) is 11.0 Å². The van der Waals surface area contributed by atoms with Crippen LogP contribution in [0, 0.1) is 6.92 Å². The van der Waals surface area contributed by atoms with Crippen molar-refractivity contribution in [2.45, 2.75) is 13.3 Å². The number of aromatic nitrogens is 2. The molecule has 0 bridgehead atoms. The summed E-state index contributed by atoms with van der Waals surface area (Å²) in [5, 5.41) is 0. The Hall–Kier alpha value is -1.97. The van der Waals surface area contributed by atoms with Crippen LogP contribution < -0.4 is 0 Å². The molecule has 1 aromatic carbocycles. The number of Topliss-reactive ketones (excluding diaryl/α,β-unsaturated/α-hetero) is 1. The van der Waals surface area contributed by atoms with Crippen molar-refractivity contribution in [2.24, 2.45) is 0 Å². The predicted molar refractivity (Wildman–Crippen MR) is 55.8 cm³/mol. The van der Waals surface area contributed by atoms with Crippen LogP contribution in [-0.4, -0.2) is 22.0 Å². The van der Waals surface area contributed by atoms with E-state index in [1.807, 2.05) is 6.92 Å². The summed E-state index contributed by atoms with van der Waals surface area (Å²) in [4.78, 5) is 28.9. The molecule has 76 valence electrons. The number of aromatic amines is 1. The summed E-state index contributed by atoms with van der Waals surface area (Å²) in [5.41, 5.74) is 2.19. The predicted octanol–water partition coefficient (Wildman–Crippen LogP) is 1.64. The molecule has 0 saturated heterocycles. The van der Waals surface area contributed by atoms with Crippen LogP contribution in [0.2, 0.25) is 0 Å². The van der Waals surface area contributed by atoms with Gasteiger partial charge in [0.25, 0.3) is 0 Å². The number of nitrogens with zero attached hydrogens (tertiary/aromatic N) is 1. The van der Waals surface area contributed by atoms with Gasteiger partial charge in [-0.2, -0.15) is 0 Å². The van der Waals surface area contributed by atoms with Gasteiger partial charge in [0.05, 0.1) is 17.5 Å². The summed E-state index contributed by atoms with van der Waals surface area (Å²) in [5.74, 6) is 0.643. The van der Waals surface area contributed by atoms with E-state index in [1.165, 1.54) is 0 Å². The van der Waals surface area contributed by atoms with Crippen LogP contribution in [0.5, 0.6) is 0 Å². The molecule has 1 aromatic heterocycles. The van der Waals surface area contributed by atoms with Gasteiger partial charge in [-0.25, -0.2) is 4.98 Å². The van der Waals surface area contributed by atoms with Gasteiger partial charge in [-0.1, -0.05) is 0 Å². The summed E-state index contributed by atoms with van der Waals surface area (Å²) in [6.07, 6.45) is 0.545. The van der Waals surface area contributed by atoms with Crippen molar-refractivity contribution in [3.05, 3.63) is 29.6 Å². The SMILES string of the molecule is Cc1nc2ccc(C(=O)CC=O)cc2[nH]1.